The average Bonchev–Trinajstić information content (AvgIpc) is 3.41. The van der Waals surface area contributed by atoms with Crippen LogP contribution in [-0.4, -0.2) is 25.7 Å². The molecule has 2 bridgehead atoms. The number of rotatable bonds is 4. The van der Waals surface area contributed by atoms with Gasteiger partial charge in [0.25, 0.3) is 5.91 Å². The van der Waals surface area contributed by atoms with Gasteiger partial charge in [0.05, 0.1) is 17.9 Å². The van der Waals surface area contributed by atoms with E-state index >= 15 is 0 Å². The lowest BCUT2D eigenvalue weighted by Crippen LogP contribution is -2.23. The van der Waals surface area contributed by atoms with Gasteiger partial charge in [-0.2, -0.15) is 0 Å². The van der Waals surface area contributed by atoms with Crippen LogP contribution in [-0.2, 0) is 6.54 Å². The number of hydrogen-bond acceptors (Lipinski definition) is 4. The molecule has 2 aromatic heterocycles. The van der Waals surface area contributed by atoms with Crippen LogP contribution in [0.1, 0.15) is 45.4 Å². The second kappa shape index (κ2) is 6.27. The molecule has 28 heavy (non-hydrogen) atoms. The standard InChI is InChI=1S/C22H19N3O3/c26-20(24-12-16-3-1-2-10-23-16)13-6-8-17(9-7-13)25-21(27)18-14-4-5-15(11-14)19(18)22(25)28/h1-10,14-15,27-28H,11-12H2,(H,24,26)/t14-,15+. The van der Waals surface area contributed by atoms with Gasteiger partial charge in [0.2, 0.25) is 11.8 Å². The van der Waals surface area contributed by atoms with Crippen LogP contribution in [0.4, 0.5) is 0 Å². The molecule has 0 fully saturated rings. The second-order valence-corrected chi connectivity index (χ2v) is 7.19. The van der Waals surface area contributed by atoms with Gasteiger partial charge in [0.15, 0.2) is 0 Å². The molecule has 5 rings (SSSR count). The molecule has 3 aromatic rings. The summed E-state index contributed by atoms with van der Waals surface area (Å²) >= 11 is 0. The van der Waals surface area contributed by atoms with E-state index in [1.165, 1.54) is 4.57 Å². The Labute approximate surface area is 161 Å². The first kappa shape index (κ1) is 16.6. The van der Waals surface area contributed by atoms with E-state index in [1.54, 1.807) is 30.5 Å². The van der Waals surface area contributed by atoms with E-state index in [1.807, 2.05) is 18.2 Å². The van der Waals surface area contributed by atoms with Crippen molar-refractivity contribution in [3.63, 3.8) is 0 Å². The van der Waals surface area contributed by atoms with Crippen molar-refractivity contribution < 1.29 is 15.0 Å². The Morgan fingerprint density at radius 2 is 1.71 bits per heavy atom. The number of hydrogen-bond donors (Lipinski definition) is 3. The van der Waals surface area contributed by atoms with Crippen molar-refractivity contribution in [3.8, 4) is 17.4 Å². The van der Waals surface area contributed by atoms with Gasteiger partial charge in [0, 0.05) is 34.7 Å². The Hall–Kier alpha value is -3.54. The number of allylic oxidation sites excluding steroid dienone is 2. The highest BCUT2D eigenvalue weighted by molar-refractivity contribution is 5.94. The Bertz CT molecular complexity index is 1050. The van der Waals surface area contributed by atoms with Gasteiger partial charge in [0.1, 0.15) is 0 Å². The van der Waals surface area contributed by atoms with E-state index < -0.39 is 0 Å². The maximum absolute atomic E-state index is 12.4. The number of benzene rings is 1. The SMILES string of the molecule is O=C(NCc1ccccn1)c1ccc(-n2c(O)c3c(c2O)[C@H]2C=C[C@@H]3C2)cc1. The highest BCUT2D eigenvalue weighted by Crippen LogP contribution is 2.57. The fourth-order valence-electron chi connectivity index (χ4n) is 4.22. The fraction of sp³-hybridized carbons (Fsp3) is 0.182. The molecule has 0 radical (unpaired) electrons. The molecule has 0 unspecified atom stereocenters. The molecule has 1 amide bonds. The molecule has 6 heteroatoms. The van der Waals surface area contributed by atoms with Crippen molar-refractivity contribution in [3.05, 3.63) is 83.2 Å². The van der Waals surface area contributed by atoms with E-state index in [0.717, 1.165) is 23.2 Å². The molecular formula is C22H19N3O3. The third kappa shape index (κ3) is 2.49. The van der Waals surface area contributed by atoms with Crippen LogP contribution in [0.5, 0.6) is 11.8 Å². The van der Waals surface area contributed by atoms with Crippen LogP contribution in [0.15, 0.2) is 60.8 Å². The molecule has 140 valence electrons. The monoisotopic (exact) mass is 373 g/mol. The minimum absolute atomic E-state index is 0.0803. The van der Waals surface area contributed by atoms with Crippen LogP contribution in [0.25, 0.3) is 5.69 Å². The summed E-state index contributed by atoms with van der Waals surface area (Å²) in [4.78, 5) is 16.5. The molecule has 2 aliphatic carbocycles. The van der Waals surface area contributed by atoms with Gasteiger partial charge in [-0.1, -0.05) is 18.2 Å². The quantitative estimate of drug-likeness (QED) is 0.612. The normalized spacial score (nSPS) is 19.0. The van der Waals surface area contributed by atoms with Crippen LogP contribution < -0.4 is 5.32 Å². The summed E-state index contributed by atoms with van der Waals surface area (Å²) < 4.78 is 1.45. The second-order valence-electron chi connectivity index (χ2n) is 7.19. The summed E-state index contributed by atoms with van der Waals surface area (Å²) in [5.74, 6) is 0.295. The number of fused-ring (bicyclic) bond motifs is 5. The molecule has 2 heterocycles. The predicted molar refractivity (Wildman–Crippen MR) is 104 cm³/mol. The minimum atomic E-state index is -0.206. The van der Waals surface area contributed by atoms with E-state index in [4.69, 9.17) is 0 Å². The predicted octanol–water partition coefficient (Wildman–Crippen LogP) is 3.35. The van der Waals surface area contributed by atoms with Crippen molar-refractivity contribution in [2.24, 2.45) is 0 Å². The first-order valence-corrected chi connectivity index (χ1v) is 9.26. The molecule has 6 nitrogen and oxygen atoms in total. The van der Waals surface area contributed by atoms with Gasteiger partial charge < -0.3 is 15.5 Å². The molecule has 3 N–H and O–H groups in total. The number of amides is 1. The van der Waals surface area contributed by atoms with E-state index in [2.05, 4.69) is 22.5 Å². The minimum Gasteiger partial charge on any atom is -0.494 e. The third-order valence-electron chi connectivity index (χ3n) is 5.56. The number of aromatic nitrogens is 2. The van der Waals surface area contributed by atoms with Crippen molar-refractivity contribution >= 4 is 5.91 Å². The highest BCUT2D eigenvalue weighted by Gasteiger charge is 2.41. The topological polar surface area (TPSA) is 87.4 Å². The highest BCUT2D eigenvalue weighted by atomic mass is 16.3. The molecule has 2 atom stereocenters. The number of nitrogens with zero attached hydrogens (tertiary/aromatic N) is 2. The Kier molecular flexibility index (Phi) is 3.72. The summed E-state index contributed by atoms with van der Waals surface area (Å²) in [7, 11) is 0. The van der Waals surface area contributed by atoms with Gasteiger partial charge in [-0.25, -0.2) is 0 Å². The van der Waals surface area contributed by atoms with Crippen LogP contribution >= 0.6 is 0 Å². The summed E-state index contributed by atoms with van der Waals surface area (Å²) in [6.45, 7) is 0.350. The van der Waals surface area contributed by atoms with Crippen LogP contribution in [0, 0.1) is 0 Å². The number of carbonyl (C=O) groups is 1. The van der Waals surface area contributed by atoms with Gasteiger partial charge in [-0.05, 0) is 42.8 Å². The number of aromatic hydroxyl groups is 2. The first-order chi connectivity index (χ1) is 13.6. The Morgan fingerprint density at radius 1 is 1.04 bits per heavy atom. The molecule has 0 spiro atoms. The van der Waals surface area contributed by atoms with E-state index in [-0.39, 0.29) is 29.5 Å². The molecule has 1 aromatic carbocycles. The maximum Gasteiger partial charge on any atom is 0.251 e. The Balaban J connectivity index is 1.37. The Morgan fingerprint density at radius 3 is 2.32 bits per heavy atom. The van der Waals surface area contributed by atoms with Gasteiger partial charge in [-0.15, -0.1) is 0 Å². The first-order valence-electron chi connectivity index (χ1n) is 9.26. The smallest absolute Gasteiger partial charge is 0.251 e. The lowest BCUT2D eigenvalue weighted by atomic mass is 10.0. The van der Waals surface area contributed by atoms with E-state index in [9.17, 15) is 15.0 Å². The third-order valence-corrected chi connectivity index (χ3v) is 5.56. The van der Waals surface area contributed by atoms with Crippen LogP contribution in [0.2, 0.25) is 0 Å². The van der Waals surface area contributed by atoms with Gasteiger partial charge >= 0.3 is 0 Å². The number of nitrogens with one attached hydrogen (secondary N) is 1. The van der Waals surface area contributed by atoms with Crippen molar-refractivity contribution in [1.82, 2.24) is 14.9 Å². The fourth-order valence-corrected chi connectivity index (χ4v) is 4.22. The zero-order chi connectivity index (χ0) is 19.3. The summed E-state index contributed by atoms with van der Waals surface area (Å²) in [6, 6.07) is 12.4. The summed E-state index contributed by atoms with van der Waals surface area (Å²) in [5.41, 5.74) is 3.54. The van der Waals surface area contributed by atoms with Crippen molar-refractivity contribution in [2.45, 2.75) is 24.8 Å². The molecule has 0 saturated carbocycles. The molecular weight excluding hydrogens is 354 g/mol. The summed E-state index contributed by atoms with van der Waals surface area (Å²) in [5, 5.41) is 24.2. The lowest BCUT2D eigenvalue weighted by molar-refractivity contribution is 0.0950. The maximum atomic E-state index is 12.4. The van der Waals surface area contributed by atoms with Crippen LogP contribution in [0.3, 0.4) is 0 Å². The van der Waals surface area contributed by atoms with Crippen molar-refractivity contribution in [1.29, 1.82) is 0 Å². The zero-order valence-electron chi connectivity index (χ0n) is 15.0. The largest absolute Gasteiger partial charge is 0.494 e. The van der Waals surface area contributed by atoms with E-state index in [0.29, 0.717) is 17.8 Å². The average molecular weight is 373 g/mol. The number of carbonyl (C=O) groups excluding carboxylic acids is 1. The van der Waals surface area contributed by atoms with Gasteiger partial charge in [-0.3, -0.25) is 14.3 Å². The molecule has 0 aliphatic heterocycles. The molecule has 2 aliphatic rings. The lowest BCUT2D eigenvalue weighted by Gasteiger charge is -2.11. The zero-order valence-corrected chi connectivity index (χ0v) is 15.0. The van der Waals surface area contributed by atoms with Crippen molar-refractivity contribution in [2.75, 3.05) is 0 Å². The molecule has 0 saturated heterocycles. The summed E-state index contributed by atoms with van der Waals surface area (Å²) in [6.07, 6.45) is 6.78. The number of pyridine rings is 1.